The van der Waals surface area contributed by atoms with Crippen molar-refractivity contribution >= 4 is 11.9 Å². The third-order valence-electron chi connectivity index (χ3n) is 6.85. The number of carbonyl (C=O) groups is 2. The monoisotopic (exact) mass is 380 g/mol. The van der Waals surface area contributed by atoms with Crippen molar-refractivity contribution in [3.05, 3.63) is 58.7 Å². The summed E-state index contributed by atoms with van der Waals surface area (Å²) >= 11 is 0. The number of benzene rings is 2. The van der Waals surface area contributed by atoms with E-state index in [1.54, 1.807) is 20.3 Å². The summed E-state index contributed by atoms with van der Waals surface area (Å²) in [4.78, 5) is 26.6. The Hall–Kier alpha value is -3.02. The Morgan fingerprint density at radius 1 is 0.821 bits per heavy atom. The fraction of sp³-hybridized carbons (Fsp3) is 0.364. The maximum atomic E-state index is 13.3. The third kappa shape index (κ3) is 1.43. The average molecular weight is 380 g/mol. The van der Waals surface area contributed by atoms with Crippen LogP contribution in [0, 0.1) is 5.41 Å². The van der Waals surface area contributed by atoms with E-state index in [1.807, 2.05) is 30.3 Å². The van der Waals surface area contributed by atoms with E-state index in [1.165, 1.54) is 14.2 Å². The van der Waals surface area contributed by atoms with E-state index < -0.39 is 22.8 Å². The predicted octanol–water partition coefficient (Wildman–Crippen LogP) is 2.53. The highest BCUT2D eigenvalue weighted by molar-refractivity contribution is 6.09. The highest BCUT2D eigenvalue weighted by atomic mass is 16.5. The first-order chi connectivity index (χ1) is 13.6. The van der Waals surface area contributed by atoms with Gasteiger partial charge in [0, 0.05) is 23.0 Å². The Kier molecular flexibility index (Phi) is 3.22. The van der Waals surface area contributed by atoms with Gasteiger partial charge in [0.15, 0.2) is 0 Å². The van der Waals surface area contributed by atoms with E-state index in [4.69, 9.17) is 18.9 Å². The van der Waals surface area contributed by atoms with Crippen LogP contribution in [0.25, 0.3) is 0 Å². The van der Waals surface area contributed by atoms with Gasteiger partial charge in [0.1, 0.15) is 22.3 Å². The summed E-state index contributed by atoms with van der Waals surface area (Å²) in [6, 6.07) is 11.4. The second-order valence-electron chi connectivity index (χ2n) is 7.41. The van der Waals surface area contributed by atoms with E-state index in [9.17, 15) is 9.59 Å². The molecule has 4 atom stereocenters. The fourth-order valence-corrected chi connectivity index (χ4v) is 6.12. The SMILES string of the molecule is COC(=O)[C@@]12C3c4ccccc4C1[C@]2(C(=O)OC)c1c(OC)ccc(OC)c13. The molecule has 0 bridgehead atoms. The van der Waals surface area contributed by atoms with Crippen LogP contribution in [-0.2, 0) is 24.5 Å². The van der Waals surface area contributed by atoms with Gasteiger partial charge in [-0.2, -0.15) is 0 Å². The van der Waals surface area contributed by atoms with Crippen molar-refractivity contribution in [3.63, 3.8) is 0 Å². The minimum absolute atomic E-state index is 0.352. The third-order valence-corrected chi connectivity index (χ3v) is 6.85. The molecule has 0 spiro atoms. The van der Waals surface area contributed by atoms with Gasteiger partial charge in [-0.25, -0.2) is 0 Å². The molecule has 2 unspecified atom stereocenters. The quantitative estimate of drug-likeness (QED) is 0.759. The van der Waals surface area contributed by atoms with Gasteiger partial charge in [0.05, 0.1) is 28.4 Å². The molecule has 0 heterocycles. The van der Waals surface area contributed by atoms with E-state index in [-0.39, 0.29) is 11.8 Å². The number of hydrogen-bond acceptors (Lipinski definition) is 6. The summed E-state index contributed by atoms with van der Waals surface area (Å²) in [5.74, 6) is -0.408. The highest BCUT2D eigenvalue weighted by Gasteiger charge is 2.96. The smallest absolute Gasteiger partial charge is 0.318 e. The Morgan fingerprint density at radius 3 is 2.04 bits per heavy atom. The van der Waals surface area contributed by atoms with Crippen molar-refractivity contribution in [2.75, 3.05) is 28.4 Å². The number of methoxy groups -OCH3 is 4. The molecule has 0 radical (unpaired) electrons. The van der Waals surface area contributed by atoms with Gasteiger partial charge in [-0.05, 0) is 23.3 Å². The van der Waals surface area contributed by atoms with Crippen molar-refractivity contribution in [2.24, 2.45) is 5.41 Å². The highest BCUT2D eigenvalue weighted by Crippen LogP contribution is 2.91. The van der Waals surface area contributed by atoms with Gasteiger partial charge < -0.3 is 18.9 Å². The van der Waals surface area contributed by atoms with Crippen molar-refractivity contribution in [1.29, 1.82) is 0 Å². The molecule has 1 fully saturated rings. The Morgan fingerprint density at radius 2 is 1.43 bits per heavy atom. The topological polar surface area (TPSA) is 71.1 Å². The predicted molar refractivity (Wildman–Crippen MR) is 98.7 cm³/mol. The fourth-order valence-electron chi connectivity index (χ4n) is 6.12. The standard InChI is InChI=1S/C22H20O6/c1-25-13-9-10-14(26-2)17-15(13)16-11-7-5-6-8-12(11)18-21(16,19(23)27-3)22(17,18)20(24)28-4/h5-10,16,18H,1-4H3/t16?,18?,21-,22+/m1/s1. The molecule has 28 heavy (non-hydrogen) atoms. The molecular weight excluding hydrogens is 360 g/mol. The Balaban J connectivity index is 1.96. The summed E-state index contributed by atoms with van der Waals surface area (Å²) < 4.78 is 21.8. The first-order valence-corrected chi connectivity index (χ1v) is 9.08. The molecule has 0 aromatic heterocycles. The minimum Gasteiger partial charge on any atom is -0.496 e. The van der Waals surface area contributed by atoms with Crippen LogP contribution in [-0.4, -0.2) is 40.4 Å². The number of ether oxygens (including phenoxy) is 4. The summed E-state index contributed by atoms with van der Waals surface area (Å²) in [5.41, 5.74) is 1.22. The van der Waals surface area contributed by atoms with Crippen LogP contribution >= 0.6 is 0 Å². The van der Waals surface area contributed by atoms with Crippen LogP contribution < -0.4 is 9.47 Å². The molecule has 6 nitrogen and oxygen atoms in total. The van der Waals surface area contributed by atoms with E-state index >= 15 is 0 Å². The zero-order valence-electron chi connectivity index (χ0n) is 16.1. The zero-order chi connectivity index (χ0) is 19.8. The summed E-state index contributed by atoms with van der Waals surface area (Å²) in [5, 5.41) is 0. The second-order valence-corrected chi connectivity index (χ2v) is 7.41. The lowest BCUT2D eigenvalue weighted by Gasteiger charge is -2.21. The minimum atomic E-state index is -1.18. The van der Waals surface area contributed by atoms with Crippen LogP contribution in [0.5, 0.6) is 11.5 Å². The lowest BCUT2D eigenvalue weighted by atomic mass is 9.82. The van der Waals surface area contributed by atoms with Crippen molar-refractivity contribution < 1.29 is 28.5 Å². The van der Waals surface area contributed by atoms with Gasteiger partial charge in [-0.15, -0.1) is 0 Å². The molecule has 3 aliphatic rings. The molecule has 0 amide bonds. The summed E-state index contributed by atoms with van der Waals surface area (Å²) in [6.45, 7) is 0. The van der Waals surface area contributed by atoms with Crippen LogP contribution in [0.2, 0.25) is 0 Å². The number of esters is 2. The largest absolute Gasteiger partial charge is 0.496 e. The van der Waals surface area contributed by atoms with Crippen LogP contribution in [0.3, 0.4) is 0 Å². The normalized spacial score (nSPS) is 30.0. The average Bonchev–Trinajstić information content (AvgIpc) is 3.16. The number of hydrogen-bond donors (Lipinski definition) is 0. The van der Waals surface area contributed by atoms with Crippen molar-refractivity contribution in [3.8, 4) is 11.5 Å². The van der Waals surface area contributed by atoms with Crippen LogP contribution in [0.15, 0.2) is 36.4 Å². The molecule has 0 N–H and O–H groups in total. The first-order valence-electron chi connectivity index (χ1n) is 9.08. The van der Waals surface area contributed by atoms with Gasteiger partial charge >= 0.3 is 11.9 Å². The number of rotatable bonds is 4. The molecule has 3 aliphatic carbocycles. The number of carbonyl (C=O) groups excluding carboxylic acids is 2. The zero-order valence-corrected chi connectivity index (χ0v) is 16.1. The Bertz CT molecular complexity index is 1040. The number of fused-ring (bicyclic) bond motifs is 7. The molecule has 1 saturated carbocycles. The van der Waals surface area contributed by atoms with Gasteiger partial charge in [-0.1, -0.05) is 24.3 Å². The molecule has 6 heteroatoms. The van der Waals surface area contributed by atoms with Crippen molar-refractivity contribution in [1.82, 2.24) is 0 Å². The van der Waals surface area contributed by atoms with Gasteiger partial charge in [0.2, 0.25) is 0 Å². The van der Waals surface area contributed by atoms with E-state index in [0.29, 0.717) is 17.1 Å². The van der Waals surface area contributed by atoms with Crippen LogP contribution in [0.4, 0.5) is 0 Å². The van der Waals surface area contributed by atoms with Gasteiger partial charge in [0.25, 0.3) is 0 Å². The van der Waals surface area contributed by atoms with E-state index in [2.05, 4.69) is 0 Å². The maximum absolute atomic E-state index is 13.3. The molecule has 0 aliphatic heterocycles. The molecule has 144 valence electrons. The van der Waals surface area contributed by atoms with Crippen molar-refractivity contribution in [2.45, 2.75) is 17.3 Å². The molecular formula is C22H20O6. The summed E-state index contributed by atoms with van der Waals surface area (Å²) in [6.07, 6.45) is 0. The molecule has 2 aromatic rings. The Labute approximate surface area is 162 Å². The second kappa shape index (κ2) is 5.28. The van der Waals surface area contributed by atoms with E-state index in [0.717, 1.165) is 16.7 Å². The van der Waals surface area contributed by atoms with Crippen LogP contribution in [0.1, 0.15) is 34.1 Å². The molecule has 5 rings (SSSR count). The molecule has 2 aromatic carbocycles. The van der Waals surface area contributed by atoms with Gasteiger partial charge in [-0.3, -0.25) is 9.59 Å². The maximum Gasteiger partial charge on any atom is 0.318 e. The summed E-state index contributed by atoms with van der Waals surface area (Å²) in [7, 11) is 5.85. The lowest BCUT2D eigenvalue weighted by Crippen LogP contribution is -2.34. The molecule has 0 saturated heterocycles. The first kappa shape index (κ1) is 17.1. The lowest BCUT2D eigenvalue weighted by molar-refractivity contribution is -0.154.